The van der Waals surface area contributed by atoms with Crippen LogP contribution < -0.4 is 5.32 Å². The van der Waals surface area contributed by atoms with E-state index in [4.69, 9.17) is 0 Å². The molecule has 2 aromatic carbocycles. The van der Waals surface area contributed by atoms with Gasteiger partial charge in [-0.2, -0.15) is 0 Å². The molecule has 3 aromatic rings. The van der Waals surface area contributed by atoms with Gasteiger partial charge in [-0.15, -0.1) is 0 Å². The number of rotatable bonds is 6. The van der Waals surface area contributed by atoms with Crippen molar-refractivity contribution in [1.29, 1.82) is 0 Å². The highest BCUT2D eigenvalue weighted by Gasteiger charge is 2.11. The highest BCUT2D eigenvalue weighted by atomic mass is 32.2. The van der Waals surface area contributed by atoms with Crippen LogP contribution in [-0.4, -0.2) is 27.0 Å². The zero-order valence-electron chi connectivity index (χ0n) is 14.6. The van der Waals surface area contributed by atoms with Gasteiger partial charge in [0, 0.05) is 18.3 Å². The van der Waals surface area contributed by atoms with Crippen molar-refractivity contribution >= 4 is 29.1 Å². The predicted octanol–water partition coefficient (Wildman–Crippen LogP) is 4.02. The second kappa shape index (κ2) is 8.01. The van der Waals surface area contributed by atoms with Gasteiger partial charge in [0.2, 0.25) is 5.91 Å². The topological polar surface area (TPSA) is 64.0 Å². The number of amides is 1. The quantitative estimate of drug-likeness (QED) is 0.529. The Kier molecular flexibility index (Phi) is 5.53. The summed E-state index contributed by atoms with van der Waals surface area (Å²) in [7, 11) is 1.94. The minimum atomic E-state index is -0.139. The second-order valence-corrected chi connectivity index (χ2v) is 6.77. The zero-order valence-corrected chi connectivity index (χ0v) is 15.4. The first-order valence-electron chi connectivity index (χ1n) is 8.15. The van der Waals surface area contributed by atoms with Crippen LogP contribution in [0.2, 0.25) is 0 Å². The fraction of sp³-hybridized carbons (Fsp3) is 0.150. The molecule has 0 saturated heterocycles. The van der Waals surface area contributed by atoms with E-state index in [-0.39, 0.29) is 17.4 Å². The van der Waals surface area contributed by atoms with E-state index in [9.17, 15) is 9.59 Å². The summed E-state index contributed by atoms with van der Waals surface area (Å²) in [5.74, 6) is 0.0699. The second-order valence-electron chi connectivity index (χ2n) is 5.82. The van der Waals surface area contributed by atoms with Crippen LogP contribution >= 0.6 is 11.8 Å². The summed E-state index contributed by atoms with van der Waals surface area (Å²) in [6.07, 6.45) is 1.81. The van der Waals surface area contributed by atoms with Gasteiger partial charge in [-0.25, -0.2) is 4.98 Å². The first kappa shape index (κ1) is 17.9. The van der Waals surface area contributed by atoms with Crippen LogP contribution in [0.3, 0.4) is 0 Å². The number of carbonyl (C=O) groups excluding carboxylic acids is 2. The molecule has 1 amide bonds. The maximum Gasteiger partial charge on any atom is 0.234 e. The van der Waals surface area contributed by atoms with E-state index in [2.05, 4.69) is 10.3 Å². The third-order valence-corrected chi connectivity index (χ3v) is 4.94. The van der Waals surface area contributed by atoms with Crippen molar-refractivity contribution in [3.05, 3.63) is 66.4 Å². The monoisotopic (exact) mass is 365 g/mol. The van der Waals surface area contributed by atoms with Crippen molar-refractivity contribution < 1.29 is 9.59 Å². The number of aromatic nitrogens is 2. The number of nitrogens with one attached hydrogen (secondary N) is 1. The summed E-state index contributed by atoms with van der Waals surface area (Å²) in [4.78, 5) is 28.0. The maximum atomic E-state index is 12.2. The summed E-state index contributed by atoms with van der Waals surface area (Å²) < 4.78 is 1.98. The fourth-order valence-electron chi connectivity index (χ4n) is 2.55. The summed E-state index contributed by atoms with van der Waals surface area (Å²) >= 11 is 1.37. The van der Waals surface area contributed by atoms with Gasteiger partial charge < -0.3 is 9.88 Å². The molecule has 6 heteroatoms. The van der Waals surface area contributed by atoms with Crippen LogP contribution in [0, 0.1) is 0 Å². The van der Waals surface area contributed by atoms with Crippen LogP contribution in [0.4, 0.5) is 5.69 Å². The van der Waals surface area contributed by atoms with Gasteiger partial charge in [0.05, 0.1) is 17.6 Å². The molecule has 0 spiro atoms. The Morgan fingerprint density at radius 3 is 2.62 bits per heavy atom. The van der Waals surface area contributed by atoms with Gasteiger partial charge in [-0.1, -0.05) is 54.2 Å². The number of thioether (sulfide) groups is 1. The molecule has 0 aliphatic rings. The molecule has 0 unspecified atom stereocenters. The third kappa shape index (κ3) is 4.21. The molecule has 26 heavy (non-hydrogen) atoms. The Morgan fingerprint density at radius 1 is 1.12 bits per heavy atom. The number of hydrogen-bond acceptors (Lipinski definition) is 4. The van der Waals surface area contributed by atoms with E-state index in [1.54, 1.807) is 24.3 Å². The molecule has 1 heterocycles. The molecule has 0 aliphatic carbocycles. The molecule has 0 saturated carbocycles. The van der Waals surface area contributed by atoms with Crippen LogP contribution in [-0.2, 0) is 11.8 Å². The van der Waals surface area contributed by atoms with Crippen LogP contribution in [0.5, 0.6) is 0 Å². The molecule has 0 radical (unpaired) electrons. The lowest BCUT2D eigenvalue weighted by molar-refractivity contribution is -0.113. The first-order chi connectivity index (χ1) is 12.5. The van der Waals surface area contributed by atoms with E-state index in [0.29, 0.717) is 11.3 Å². The molecule has 1 aromatic heterocycles. The van der Waals surface area contributed by atoms with Crippen molar-refractivity contribution in [3.63, 3.8) is 0 Å². The Labute approximate surface area is 156 Å². The number of hydrogen-bond donors (Lipinski definition) is 1. The summed E-state index contributed by atoms with van der Waals surface area (Å²) in [6.45, 7) is 1.50. The Bertz CT molecular complexity index is 935. The van der Waals surface area contributed by atoms with Gasteiger partial charge >= 0.3 is 0 Å². The van der Waals surface area contributed by atoms with Crippen LogP contribution in [0.15, 0.2) is 66.0 Å². The van der Waals surface area contributed by atoms with E-state index in [0.717, 1.165) is 16.4 Å². The number of carbonyl (C=O) groups is 2. The summed E-state index contributed by atoms with van der Waals surface area (Å²) in [6, 6.07) is 16.9. The molecular weight excluding hydrogens is 346 g/mol. The molecule has 0 bridgehead atoms. The number of anilines is 1. The number of nitrogens with zero attached hydrogens (tertiary/aromatic N) is 2. The third-order valence-electron chi connectivity index (χ3n) is 3.90. The fourth-order valence-corrected chi connectivity index (χ4v) is 3.30. The smallest absolute Gasteiger partial charge is 0.234 e. The summed E-state index contributed by atoms with van der Waals surface area (Å²) in [5.41, 5.74) is 3.28. The molecule has 0 aliphatic heterocycles. The van der Waals surface area contributed by atoms with E-state index in [1.165, 1.54) is 18.7 Å². The molecule has 132 valence electrons. The minimum absolute atomic E-state index is 0.0306. The Morgan fingerprint density at radius 2 is 1.88 bits per heavy atom. The maximum absolute atomic E-state index is 12.2. The highest BCUT2D eigenvalue weighted by molar-refractivity contribution is 7.99. The lowest BCUT2D eigenvalue weighted by atomic mass is 10.1. The van der Waals surface area contributed by atoms with E-state index >= 15 is 0 Å². The van der Waals surface area contributed by atoms with Crippen molar-refractivity contribution in [2.75, 3.05) is 11.1 Å². The number of imidazole rings is 1. The zero-order chi connectivity index (χ0) is 18.5. The Hall–Kier alpha value is -2.86. The SMILES string of the molecule is CC(=O)c1cccc(NC(=O)CSc2ncc(-c3ccccc3)n2C)c1. The largest absolute Gasteiger partial charge is 0.325 e. The normalized spacial score (nSPS) is 10.5. The van der Waals surface area contributed by atoms with Crippen molar-refractivity contribution in [3.8, 4) is 11.3 Å². The molecule has 3 rings (SSSR count). The van der Waals surface area contributed by atoms with E-state index < -0.39 is 0 Å². The first-order valence-corrected chi connectivity index (χ1v) is 9.14. The van der Waals surface area contributed by atoms with Gasteiger partial charge in [0.1, 0.15) is 0 Å². The molecule has 0 atom stereocenters. The van der Waals surface area contributed by atoms with Crippen molar-refractivity contribution in [2.24, 2.45) is 7.05 Å². The van der Waals surface area contributed by atoms with Crippen LogP contribution in [0.25, 0.3) is 11.3 Å². The predicted molar refractivity (Wildman–Crippen MR) is 104 cm³/mol. The molecular formula is C20H19N3O2S. The van der Waals surface area contributed by atoms with Crippen molar-refractivity contribution in [1.82, 2.24) is 9.55 Å². The number of benzene rings is 2. The lowest BCUT2D eigenvalue weighted by Crippen LogP contribution is -2.14. The van der Waals surface area contributed by atoms with Gasteiger partial charge in [0.25, 0.3) is 0 Å². The molecule has 5 nitrogen and oxygen atoms in total. The Balaban J connectivity index is 1.63. The average Bonchev–Trinajstić information content (AvgIpc) is 3.01. The van der Waals surface area contributed by atoms with Gasteiger partial charge in [0.15, 0.2) is 10.9 Å². The number of Topliss-reactive ketones (excluding diaryl/α,β-unsaturated/α-hetero) is 1. The van der Waals surface area contributed by atoms with Gasteiger partial charge in [-0.3, -0.25) is 9.59 Å². The minimum Gasteiger partial charge on any atom is -0.325 e. The van der Waals surface area contributed by atoms with Gasteiger partial charge in [-0.05, 0) is 24.6 Å². The van der Waals surface area contributed by atoms with Crippen molar-refractivity contribution in [2.45, 2.75) is 12.1 Å². The highest BCUT2D eigenvalue weighted by Crippen LogP contribution is 2.24. The molecule has 0 fully saturated rings. The average molecular weight is 365 g/mol. The standard InChI is InChI=1S/C20H19N3O2S/c1-14(24)16-9-6-10-17(11-16)22-19(25)13-26-20-21-12-18(23(20)2)15-7-4-3-5-8-15/h3-12H,13H2,1-2H3,(H,22,25). The number of ketones is 1. The summed E-state index contributed by atoms with van der Waals surface area (Å²) in [5, 5.41) is 3.59. The molecule has 1 N–H and O–H groups in total. The lowest BCUT2D eigenvalue weighted by Gasteiger charge is -2.07. The van der Waals surface area contributed by atoms with E-state index in [1.807, 2.05) is 48.1 Å². The van der Waals surface area contributed by atoms with Crippen LogP contribution in [0.1, 0.15) is 17.3 Å².